The molecule has 2 nitrogen and oxygen atoms in total. The molecule has 0 radical (unpaired) electrons. The Kier molecular flexibility index (Phi) is 3.41. The molecule has 7 N–H and O–H groups in total. The summed E-state index contributed by atoms with van der Waals surface area (Å²) in [6, 6.07) is 0. The monoisotopic (exact) mass is 270 g/mol. The molecule has 0 amide bonds. The van der Waals surface area contributed by atoms with E-state index in [9.17, 15) is 16.9 Å². The Morgan fingerprint density at radius 2 is 0.667 bits per heavy atom. The van der Waals surface area contributed by atoms with Crippen LogP contribution < -0.4 is 12.3 Å². The SMILES string of the molecule is N.[F][Sb-]([F])([F])([F])([F])[F].[NH4+]. The van der Waals surface area contributed by atoms with Crippen molar-refractivity contribution in [2.75, 3.05) is 0 Å². The molecule has 0 unspecified atom stereocenters. The van der Waals surface area contributed by atoms with Crippen LogP contribution in [-0.4, -0.2) is 19.5 Å². The normalized spacial score (nSPS) is 18.0. The first-order valence-electron chi connectivity index (χ1n) is 1.01. The molecule has 9 heteroatoms. The van der Waals surface area contributed by atoms with E-state index >= 15 is 0 Å². The molecule has 0 fully saturated rings. The van der Waals surface area contributed by atoms with Crippen molar-refractivity contribution in [3.63, 3.8) is 0 Å². The van der Waals surface area contributed by atoms with Gasteiger partial charge < -0.3 is 12.3 Å². The number of rotatable bonds is 0. The molecule has 0 saturated heterocycles. The van der Waals surface area contributed by atoms with Crippen LogP contribution in [0.15, 0.2) is 0 Å². The van der Waals surface area contributed by atoms with Gasteiger partial charge in [0.2, 0.25) is 0 Å². The summed E-state index contributed by atoms with van der Waals surface area (Å²) in [5, 5.41) is 0. The Balaban J connectivity index is -0.000000180. The van der Waals surface area contributed by atoms with E-state index in [-0.39, 0.29) is 12.3 Å². The fourth-order valence-corrected chi connectivity index (χ4v) is 0. The summed E-state index contributed by atoms with van der Waals surface area (Å²) in [6.45, 7) is 0. The Labute approximate surface area is 49.3 Å². The Morgan fingerprint density at radius 3 is 0.667 bits per heavy atom. The fraction of sp³-hybridized carbons (Fsp3) is 0. The molecular weight excluding hydrogens is 264 g/mol. The molecule has 0 atom stereocenters. The van der Waals surface area contributed by atoms with Gasteiger partial charge in [0.25, 0.3) is 0 Å². The second kappa shape index (κ2) is 1.90. The first-order chi connectivity index (χ1) is 2.45. The van der Waals surface area contributed by atoms with Crippen LogP contribution in [0.3, 0.4) is 0 Å². The number of halogens is 6. The van der Waals surface area contributed by atoms with Crippen LogP contribution in [0.5, 0.6) is 0 Å². The van der Waals surface area contributed by atoms with E-state index < -0.39 is 19.5 Å². The number of hydrogen-bond acceptors (Lipinski definition) is 1. The van der Waals surface area contributed by atoms with Crippen molar-refractivity contribution in [1.29, 1.82) is 0 Å². The first-order valence-corrected chi connectivity index (χ1v) is 6.80. The van der Waals surface area contributed by atoms with Gasteiger partial charge in [-0.05, 0) is 0 Å². The summed E-state index contributed by atoms with van der Waals surface area (Å²) in [6.07, 6.45) is 0. The molecule has 0 aromatic heterocycles. The second-order valence-electron chi connectivity index (χ2n) is 0.958. The van der Waals surface area contributed by atoms with Gasteiger partial charge in [0.05, 0.1) is 0 Å². The topological polar surface area (TPSA) is 71.5 Å². The third kappa shape index (κ3) is 3280. The van der Waals surface area contributed by atoms with Gasteiger partial charge in [-0.1, -0.05) is 0 Å². The molecule has 0 spiro atoms. The van der Waals surface area contributed by atoms with E-state index in [4.69, 9.17) is 0 Å². The summed E-state index contributed by atoms with van der Waals surface area (Å²) in [5.74, 6) is 0. The third-order valence-corrected chi connectivity index (χ3v) is 0. The van der Waals surface area contributed by atoms with E-state index in [0.717, 1.165) is 0 Å². The van der Waals surface area contributed by atoms with Crippen molar-refractivity contribution in [3.05, 3.63) is 0 Å². The maximum absolute atomic E-state index is 11.2. The molecule has 0 bridgehead atoms. The van der Waals surface area contributed by atoms with Crippen LogP contribution in [0.1, 0.15) is 0 Å². The molecular formula is H7F6N2Sb. The van der Waals surface area contributed by atoms with Crippen LogP contribution in [-0.2, 0) is 0 Å². The van der Waals surface area contributed by atoms with E-state index in [1.807, 2.05) is 0 Å². The van der Waals surface area contributed by atoms with Gasteiger partial charge in [-0.25, -0.2) is 0 Å². The molecule has 0 aromatic rings. The summed E-state index contributed by atoms with van der Waals surface area (Å²) >= 11 is -11.2. The smallest absolute Gasteiger partial charge is 0.369 e. The van der Waals surface area contributed by atoms with Gasteiger partial charge in [0.15, 0.2) is 0 Å². The Bertz CT molecular complexity index is 69.6. The minimum Gasteiger partial charge on any atom is -0.369 e. The Morgan fingerprint density at radius 1 is 0.667 bits per heavy atom. The molecule has 0 rings (SSSR count). The van der Waals surface area contributed by atoms with E-state index in [0.29, 0.717) is 0 Å². The van der Waals surface area contributed by atoms with Gasteiger partial charge >= 0.3 is 36.4 Å². The third-order valence-electron chi connectivity index (χ3n) is 0. The maximum atomic E-state index is 9.93. The van der Waals surface area contributed by atoms with E-state index in [1.165, 1.54) is 0 Å². The molecule has 9 heavy (non-hydrogen) atoms. The second-order valence-corrected chi connectivity index (χ2v) is 6.43. The molecule has 64 valence electrons. The predicted molar refractivity (Wildman–Crippen MR) is 23.4 cm³/mol. The minimum absolute atomic E-state index is 0. The first kappa shape index (κ1) is 16.2. The number of quaternary nitrogens is 1. The van der Waals surface area contributed by atoms with Gasteiger partial charge in [-0.3, -0.25) is 0 Å². The Hall–Kier alpha value is 0.318. The molecule has 0 saturated carbocycles. The summed E-state index contributed by atoms with van der Waals surface area (Å²) in [7, 11) is 0. The van der Waals surface area contributed by atoms with Crippen LogP contribution >= 0.6 is 0 Å². The molecule has 0 aliphatic carbocycles. The zero-order chi connectivity index (χ0) is 6.41. The molecule has 0 aromatic carbocycles. The largest absolute Gasteiger partial charge is 0.369 e. The minimum atomic E-state index is -11.2. The summed E-state index contributed by atoms with van der Waals surface area (Å²) in [5.41, 5.74) is 0. The average Bonchev–Trinajstić information content (AvgIpc) is 0.592. The van der Waals surface area contributed by atoms with E-state index in [1.54, 1.807) is 0 Å². The number of hydrogen-bond donors (Lipinski definition) is 2. The van der Waals surface area contributed by atoms with Crippen LogP contribution in [0.4, 0.5) is 16.9 Å². The summed E-state index contributed by atoms with van der Waals surface area (Å²) in [4.78, 5) is 0. The molecule has 0 aliphatic rings. The fourth-order valence-electron chi connectivity index (χ4n) is 0. The van der Waals surface area contributed by atoms with E-state index in [2.05, 4.69) is 0 Å². The van der Waals surface area contributed by atoms with Crippen molar-refractivity contribution in [2.24, 2.45) is 0 Å². The standard InChI is InChI=1S/6FH.2H3N.Sb/h6*1H;2*1H3;/q;;;;;;;;+5/p-5. The molecule has 0 heterocycles. The van der Waals surface area contributed by atoms with Crippen molar-refractivity contribution < 1.29 is 16.9 Å². The zero-order valence-electron chi connectivity index (χ0n) is 4.42. The van der Waals surface area contributed by atoms with Crippen molar-refractivity contribution >= 4 is 19.5 Å². The van der Waals surface area contributed by atoms with Crippen LogP contribution in [0.25, 0.3) is 0 Å². The molecule has 0 aliphatic heterocycles. The zero-order valence-corrected chi connectivity index (χ0v) is 6.97. The maximum Gasteiger partial charge on any atom is -0.369 e. The quantitative estimate of drug-likeness (QED) is 0.516. The van der Waals surface area contributed by atoms with Gasteiger partial charge in [-0.15, -0.1) is 0 Å². The van der Waals surface area contributed by atoms with Gasteiger partial charge in [0, 0.05) is 0 Å². The summed E-state index contributed by atoms with van der Waals surface area (Å²) < 4.78 is 59.6. The van der Waals surface area contributed by atoms with Crippen LogP contribution in [0, 0.1) is 0 Å². The van der Waals surface area contributed by atoms with Gasteiger partial charge in [0.1, 0.15) is 0 Å². The van der Waals surface area contributed by atoms with Crippen molar-refractivity contribution in [2.45, 2.75) is 0 Å². The van der Waals surface area contributed by atoms with Crippen LogP contribution in [0.2, 0.25) is 0 Å². The van der Waals surface area contributed by atoms with Gasteiger partial charge in [-0.2, -0.15) is 0 Å². The van der Waals surface area contributed by atoms with Crippen molar-refractivity contribution in [3.8, 4) is 0 Å². The average molecular weight is 271 g/mol. The predicted octanol–water partition coefficient (Wildman–Crippen LogP) is 2.68. The van der Waals surface area contributed by atoms with Crippen molar-refractivity contribution in [1.82, 2.24) is 12.3 Å².